The number of amides is 4. The minimum Gasteiger partial charge on any atom is -0.322 e. The van der Waals surface area contributed by atoms with E-state index in [1.807, 2.05) is 31.3 Å². The number of nitrogens with zero attached hydrogens (tertiary/aromatic N) is 1. The summed E-state index contributed by atoms with van der Waals surface area (Å²) < 4.78 is 40.1. The van der Waals surface area contributed by atoms with Crippen molar-refractivity contribution in [1.82, 2.24) is 10.2 Å². The largest absolute Gasteiger partial charge is 0.325 e. The normalized spacial score (nSPS) is 18.7. The second-order valence-corrected chi connectivity index (χ2v) is 7.49. The van der Waals surface area contributed by atoms with Crippen LogP contribution in [0.25, 0.3) is 0 Å². The van der Waals surface area contributed by atoms with E-state index < -0.39 is 53.1 Å². The number of urea groups is 1. The van der Waals surface area contributed by atoms with Crippen molar-refractivity contribution in [2.24, 2.45) is 0 Å². The van der Waals surface area contributed by atoms with Crippen LogP contribution >= 0.6 is 0 Å². The first-order valence-corrected chi connectivity index (χ1v) is 9.22. The van der Waals surface area contributed by atoms with Crippen LogP contribution in [0.15, 0.2) is 36.4 Å². The van der Waals surface area contributed by atoms with E-state index in [0.29, 0.717) is 16.5 Å². The zero-order chi connectivity index (χ0) is 22.2. The molecule has 4 amide bonds. The molecule has 0 spiro atoms. The van der Waals surface area contributed by atoms with Crippen molar-refractivity contribution in [2.45, 2.75) is 32.2 Å². The molecule has 30 heavy (non-hydrogen) atoms. The highest BCUT2D eigenvalue weighted by Crippen LogP contribution is 2.30. The van der Waals surface area contributed by atoms with E-state index in [2.05, 4.69) is 5.32 Å². The van der Waals surface area contributed by atoms with Crippen molar-refractivity contribution >= 4 is 23.5 Å². The molecule has 0 saturated carbocycles. The molecular weight excluding hydrogens is 399 g/mol. The molecule has 6 nitrogen and oxygen atoms in total. The van der Waals surface area contributed by atoms with E-state index in [1.54, 1.807) is 12.1 Å². The SMILES string of the molecule is CC(C)c1ccc([C@]2(C)NC(=O)N(CC(=O)Nc3ccc(F)c(F)c3F)C2=O)cc1. The van der Waals surface area contributed by atoms with Gasteiger partial charge in [0.25, 0.3) is 5.91 Å². The number of hydrogen-bond acceptors (Lipinski definition) is 3. The van der Waals surface area contributed by atoms with Crippen LogP contribution in [0.3, 0.4) is 0 Å². The highest BCUT2D eigenvalue weighted by molar-refractivity contribution is 6.10. The van der Waals surface area contributed by atoms with Crippen LogP contribution in [0, 0.1) is 17.5 Å². The van der Waals surface area contributed by atoms with Crippen molar-refractivity contribution in [1.29, 1.82) is 0 Å². The Labute approximate surface area is 171 Å². The van der Waals surface area contributed by atoms with Gasteiger partial charge in [-0.3, -0.25) is 14.5 Å². The van der Waals surface area contributed by atoms with Gasteiger partial charge in [-0.1, -0.05) is 38.1 Å². The Kier molecular flexibility index (Phi) is 5.56. The molecule has 1 aliphatic rings. The van der Waals surface area contributed by atoms with Crippen LogP contribution in [0.4, 0.5) is 23.7 Å². The number of benzene rings is 2. The number of hydrogen-bond donors (Lipinski definition) is 2. The number of imide groups is 1. The van der Waals surface area contributed by atoms with Gasteiger partial charge in [-0.05, 0) is 36.1 Å². The summed E-state index contributed by atoms with van der Waals surface area (Å²) in [5.74, 6) is -6.03. The monoisotopic (exact) mass is 419 g/mol. The molecule has 1 saturated heterocycles. The van der Waals surface area contributed by atoms with Gasteiger partial charge in [-0.15, -0.1) is 0 Å². The standard InChI is InChI=1S/C21H20F3N3O3/c1-11(2)12-4-6-13(7-5-12)21(3)19(29)27(20(30)26-21)10-16(28)25-15-9-8-14(22)17(23)18(15)24/h4-9,11H,10H2,1-3H3,(H,25,28)(H,26,30)/t21-/m0/s1. The third-order valence-corrected chi connectivity index (χ3v) is 5.04. The quantitative estimate of drug-likeness (QED) is 0.574. The number of anilines is 1. The van der Waals surface area contributed by atoms with Crippen molar-refractivity contribution in [3.05, 3.63) is 65.0 Å². The summed E-state index contributed by atoms with van der Waals surface area (Å²) in [5.41, 5.74) is -0.373. The lowest BCUT2D eigenvalue weighted by Gasteiger charge is -2.22. The maximum atomic E-state index is 13.7. The Hall–Kier alpha value is -3.36. The molecule has 158 valence electrons. The molecule has 1 heterocycles. The van der Waals surface area contributed by atoms with E-state index in [0.717, 1.165) is 11.6 Å². The Morgan fingerprint density at radius 2 is 1.70 bits per heavy atom. The lowest BCUT2D eigenvalue weighted by atomic mass is 9.90. The number of rotatable bonds is 5. The lowest BCUT2D eigenvalue weighted by Crippen LogP contribution is -2.42. The van der Waals surface area contributed by atoms with E-state index in [-0.39, 0.29) is 5.92 Å². The average Bonchev–Trinajstić information content (AvgIpc) is 2.92. The number of nitrogens with one attached hydrogen (secondary N) is 2. The van der Waals surface area contributed by atoms with Gasteiger partial charge < -0.3 is 10.6 Å². The third-order valence-electron chi connectivity index (χ3n) is 5.04. The fraction of sp³-hybridized carbons (Fsp3) is 0.286. The third kappa shape index (κ3) is 3.74. The number of carbonyl (C=O) groups is 3. The topological polar surface area (TPSA) is 78.5 Å². The number of carbonyl (C=O) groups excluding carboxylic acids is 3. The van der Waals surface area contributed by atoms with Crippen molar-refractivity contribution in [3.8, 4) is 0 Å². The Bertz CT molecular complexity index is 1020. The van der Waals surface area contributed by atoms with Gasteiger partial charge in [0.2, 0.25) is 5.91 Å². The summed E-state index contributed by atoms with van der Waals surface area (Å²) in [6.07, 6.45) is 0. The van der Waals surface area contributed by atoms with Crippen LogP contribution in [-0.4, -0.2) is 29.3 Å². The highest BCUT2D eigenvalue weighted by atomic mass is 19.2. The first kappa shape index (κ1) is 21.4. The molecule has 0 bridgehead atoms. The maximum Gasteiger partial charge on any atom is 0.325 e. The molecule has 1 atom stereocenters. The van der Waals surface area contributed by atoms with Crippen LogP contribution in [0.2, 0.25) is 0 Å². The summed E-state index contributed by atoms with van der Waals surface area (Å²) in [4.78, 5) is 38.1. The van der Waals surface area contributed by atoms with Crippen LogP contribution < -0.4 is 10.6 Å². The molecule has 1 fully saturated rings. The Morgan fingerprint density at radius 1 is 1.07 bits per heavy atom. The van der Waals surface area contributed by atoms with E-state index in [4.69, 9.17) is 0 Å². The average molecular weight is 419 g/mol. The fourth-order valence-electron chi connectivity index (χ4n) is 3.19. The predicted octanol–water partition coefficient (Wildman–Crippen LogP) is 3.63. The second-order valence-electron chi connectivity index (χ2n) is 7.49. The summed E-state index contributed by atoms with van der Waals surface area (Å²) >= 11 is 0. The Balaban J connectivity index is 1.76. The van der Waals surface area contributed by atoms with Crippen molar-refractivity contribution in [3.63, 3.8) is 0 Å². The summed E-state index contributed by atoms with van der Waals surface area (Å²) in [5, 5.41) is 4.60. The molecule has 0 radical (unpaired) electrons. The van der Waals surface area contributed by atoms with E-state index >= 15 is 0 Å². The zero-order valence-electron chi connectivity index (χ0n) is 16.6. The summed E-state index contributed by atoms with van der Waals surface area (Å²) in [6, 6.07) is 7.87. The maximum absolute atomic E-state index is 13.7. The summed E-state index contributed by atoms with van der Waals surface area (Å²) in [7, 11) is 0. The highest BCUT2D eigenvalue weighted by Gasteiger charge is 2.49. The predicted molar refractivity (Wildman–Crippen MR) is 103 cm³/mol. The van der Waals surface area contributed by atoms with E-state index in [1.165, 1.54) is 6.92 Å². The minimum absolute atomic E-state index is 0.289. The molecule has 3 rings (SSSR count). The van der Waals surface area contributed by atoms with Gasteiger partial charge in [0.1, 0.15) is 12.1 Å². The second kappa shape index (κ2) is 7.81. The van der Waals surface area contributed by atoms with E-state index in [9.17, 15) is 27.6 Å². The first-order chi connectivity index (χ1) is 14.0. The number of halogens is 3. The molecule has 2 aromatic carbocycles. The first-order valence-electron chi connectivity index (χ1n) is 9.22. The summed E-state index contributed by atoms with van der Waals surface area (Å²) in [6.45, 7) is 4.85. The van der Waals surface area contributed by atoms with Crippen LogP contribution in [0.5, 0.6) is 0 Å². The molecule has 0 aliphatic carbocycles. The molecule has 9 heteroatoms. The van der Waals surface area contributed by atoms with Gasteiger partial charge in [0, 0.05) is 0 Å². The molecule has 1 aliphatic heterocycles. The lowest BCUT2D eigenvalue weighted by molar-refractivity contribution is -0.133. The van der Waals surface area contributed by atoms with Crippen LogP contribution in [-0.2, 0) is 15.1 Å². The molecule has 2 aromatic rings. The van der Waals surface area contributed by atoms with Gasteiger partial charge >= 0.3 is 6.03 Å². The van der Waals surface area contributed by atoms with Gasteiger partial charge in [0.05, 0.1) is 5.69 Å². The van der Waals surface area contributed by atoms with Gasteiger partial charge in [-0.2, -0.15) is 0 Å². The van der Waals surface area contributed by atoms with Gasteiger partial charge in [0.15, 0.2) is 17.5 Å². The van der Waals surface area contributed by atoms with Crippen molar-refractivity contribution < 1.29 is 27.6 Å². The fourth-order valence-corrected chi connectivity index (χ4v) is 3.19. The molecule has 0 aromatic heterocycles. The van der Waals surface area contributed by atoms with Crippen LogP contribution in [0.1, 0.15) is 37.8 Å². The smallest absolute Gasteiger partial charge is 0.322 e. The Morgan fingerprint density at radius 3 is 2.30 bits per heavy atom. The molecular formula is C21H20F3N3O3. The van der Waals surface area contributed by atoms with Crippen molar-refractivity contribution in [2.75, 3.05) is 11.9 Å². The molecule has 0 unspecified atom stereocenters. The minimum atomic E-state index is -1.74. The molecule has 2 N–H and O–H groups in total. The zero-order valence-corrected chi connectivity index (χ0v) is 16.6. The van der Waals surface area contributed by atoms with Gasteiger partial charge in [-0.25, -0.2) is 18.0 Å².